The van der Waals surface area contributed by atoms with Crippen LogP contribution in [0.2, 0.25) is 0 Å². The van der Waals surface area contributed by atoms with Crippen LogP contribution in [0.5, 0.6) is 5.75 Å². The molecular weight excluding hydrogens is 449 g/mol. The highest BCUT2D eigenvalue weighted by atomic mass is 19.4. The Kier molecular flexibility index (Phi) is 5.81. The van der Waals surface area contributed by atoms with Crippen LogP contribution in [0, 0.1) is 16.7 Å². The third kappa shape index (κ3) is 4.33. The molecule has 3 aromatic rings. The Bertz CT molecular complexity index is 1250. The van der Waals surface area contributed by atoms with Crippen molar-refractivity contribution in [3.8, 4) is 23.3 Å². The number of halogens is 3. The normalized spacial score (nSPS) is 18.6. The van der Waals surface area contributed by atoms with Crippen LogP contribution in [-0.2, 0) is 11.0 Å². The Morgan fingerprint density at radius 2 is 1.91 bits per heavy atom. The van der Waals surface area contributed by atoms with Crippen molar-refractivity contribution in [1.82, 2.24) is 15.1 Å². The molecule has 1 saturated heterocycles. The summed E-state index contributed by atoms with van der Waals surface area (Å²) in [5.74, 6) is 0.00564. The number of amides is 1. The lowest BCUT2D eigenvalue weighted by molar-refractivity contribution is -0.138. The summed E-state index contributed by atoms with van der Waals surface area (Å²) in [6, 6.07) is 13.2. The maximum Gasteiger partial charge on any atom is 0.417 e. The van der Waals surface area contributed by atoms with Gasteiger partial charge >= 0.3 is 6.18 Å². The van der Waals surface area contributed by atoms with E-state index in [-0.39, 0.29) is 18.2 Å². The number of hydrogen-bond donors (Lipinski definition) is 0. The Balaban J connectivity index is 1.57. The van der Waals surface area contributed by atoms with Crippen molar-refractivity contribution in [3.63, 3.8) is 0 Å². The number of nitriles is 1. The van der Waals surface area contributed by atoms with Crippen molar-refractivity contribution in [3.05, 3.63) is 65.5 Å². The summed E-state index contributed by atoms with van der Waals surface area (Å²) < 4.78 is 51.5. The zero-order chi connectivity index (χ0) is 24.7. The second-order valence-electron chi connectivity index (χ2n) is 8.76. The minimum atomic E-state index is -4.73. The van der Waals surface area contributed by atoms with Gasteiger partial charge in [0.1, 0.15) is 11.8 Å². The lowest BCUT2D eigenvalue weighted by Gasteiger charge is -2.25. The minimum absolute atomic E-state index is 0.142. The molecule has 0 spiro atoms. The standard InChI is InChI=1S/C24H21F3N4O3/c1-14(20-29-30-21(34-20)15-7-5-4-6-8-15)31-13-23(2,3)19(22(31)32)33-17-10-9-16(12-28)18(11-17)24(25,26)27/h4-11,14,19H,13H2,1-3H3/t14?,19-/m0/s1. The van der Waals surface area contributed by atoms with Gasteiger partial charge in [-0.05, 0) is 37.3 Å². The number of carbonyl (C=O) groups is 1. The number of carbonyl (C=O) groups excluding carboxylic acids is 1. The number of alkyl halides is 3. The maximum absolute atomic E-state index is 13.3. The van der Waals surface area contributed by atoms with Crippen molar-refractivity contribution >= 4 is 5.91 Å². The largest absolute Gasteiger partial charge is 0.480 e. The molecule has 2 atom stereocenters. The van der Waals surface area contributed by atoms with Crippen LogP contribution in [-0.4, -0.2) is 33.7 Å². The van der Waals surface area contributed by atoms with Crippen LogP contribution in [0.25, 0.3) is 11.5 Å². The zero-order valence-electron chi connectivity index (χ0n) is 18.6. The minimum Gasteiger partial charge on any atom is -0.480 e. The fourth-order valence-corrected chi connectivity index (χ4v) is 3.92. The molecule has 4 rings (SSSR count). The molecule has 1 amide bonds. The Labute approximate surface area is 193 Å². The first-order valence-electron chi connectivity index (χ1n) is 10.5. The van der Waals surface area contributed by atoms with Gasteiger partial charge in [0.25, 0.3) is 5.91 Å². The molecular formula is C24H21F3N4O3. The molecule has 7 nitrogen and oxygen atoms in total. The van der Waals surface area contributed by atoms with E-state index in [0.29, 0.717) is 5.89 Å². The molecule has 0 aliphatic carbocycles. The molecule has 2 heterocycles. The monoisotopic (exact) mass is 470 g/mol. The molecule has 1 fully saturated rings. The quantitative estimate of drug-likeness (QED) is 0.521. The van der Waals surface area contributed by atoms with Crippen molar-refractivity contribution in [2.24, 2.45) is 5.41 Å². The smallest absolute Gasteiger partial charge is 0.417 e. The highest BCUT2D eigenvalue weighted by Gasteiger charge is 2.50. The van der Waals surface area contributed by atoms with Crippen LogP contribution in [0.15, 0.2) is 52.9 Å². The van der Waals surface area contributed by atoms with Crippen LogP contribution in [0.3, 0.4) is 0 Å². The Morgan fingerprint density at radius 1 is 1.21 bits per heavy atom. The fourth-order valence-electron chi connectivity index (χ4n) is 3.92. The summed E-state index contributed by atoms with van der Waals surface area (Å²) in [7, 11) is 0. The molecule has 1 unspecified atom stereocenters. The van der Waals surface area contributed by atoms with Gasteiger partial charge in [-0.15, -0.1) is 10.2 Å². The average molecular weight is 470 g/mol. The highest BCUT2D eigenvalue weighted by molar-refractivity contribution is 5.85. The summed E-state index contributed by atoms with van der Waals surface area (Å²) in [4.78, 5) is 14.8. The summed E-state index contributed by atoms with van der Waals surface area (Å²) in [6.07, 6.45) is -5.77. The van der Waals surface area contributed by atoms with E-state index < -0.39 is 40.8 Å². The number of benzene rings is 2. The summed E-state index contributed by atoms with van der Waals surface area (Å²) in [6.45, 7) is 5.59. The molecule has 0 saturated carbocycles. The van der Waals surface area contributed by atoms with Gasteiger partial charge in [0.05, 0.1) is 17.2 Å². The number of ether oxygens (including phenoxy) is 1. The first-order valence-corrected chi connectivity index (χ1v) is 10.5. The molecule has 0 radical (unpaired) electrons. The van der Waals surface area contributed by atoms with E-state index in [9.17, 15) is 18.0 Å². The van der Waals surface area contributed by atoms with Gasteiger partial charge in [0.15, 0.2) is 6.10 Å². The van der Waals surface area contributed by atoms with Crippen LogP contribution in [0.4, 0.5) is 13.2 Å². The zero-order valence-corrected chi connectivity index (χ0v) is 18.6. The van der Waals surface area contributed by atoms with Gasteiger partial charge in [-0.1, -0.05) is 32.0 Å². The number of rotatable bonds is 5. The van der Waals surface area contributed by atoms with Gasteiger partial charge in [-0.3, -0.25) is 4.79 Å². The summed E-state index contributed by atoms with van der Waals surface area (Å²) in [5.41, 5.74) is -1.61. The number of hydrogen-bond acceptors (Lipinski definition) is 6. The SMILES string of the molecule is CC(c1nnc(-c2ccccc2)o1)N1CC(C)(C)[C@@H](Oc2ccc(C#N)c(C(F)(F)F)c2)C1=O. The predicted molar refractivity (Wildman–Crippen MR) is 114 cm³/mol. The number of likely N-dealkylation sites (tertiary alicyclic amines) is 1. The van der Waals surface area contributed by atoms with E-state index in [2.05, 4.69) is 10.2 Å². The second kappa shape index (κ2) is 8.48. The molecule has 1 aromatic heterocycles. The highest BCUT2D eigenvalue weighted by Crippen LogP contribution is 2.40. The molecule has 10 heteroatoms. The van der Waals surface area contributed by atoms with Crippen molar-refractivity contribution in [2.45, 2.75) is 39.1 Å². The number of aromatic nitrogens is 2. The topological polar surface area (TPSA) is 92.2 Å². The lowest BCUT2D eigenvalue weighted by Crippen LogP contribution is -2.37. The summed E-state index contributed by atoms with van der Waals surface area (Å²) >= 11 is 0. The van der Waals surface area contributed by atoms with E-state index in [4.69, 9.17) is 14.4 Å². The molecule has 2 aromatic carbocycles. The molecule has 1 aliphatic rings. The van der Waals surface area contributed by atoms with Gasteiger partial charge in [0.2, 0.25) is 11.8 Å². The predicted octanol–water partition coefficient (Wildman–Crippen LogP) is 5.00. The number of nitrogens with zero attached hydrogens (tertiary/aromatic N) is 4. The molecule has 176 valence electrons. The average Bonchev–Trinajstić information content (AvgIpc) is 3.38. The van der Waals surface area contributed by atoms with Gasteiger partial charge in [-0.25, -0.2) is 0 Å². The third-order valence-corrected chi connectivity index (χ3v) is 5.75. The fraction of sp³-hybridized carbons (Fsp3) is 0.333. The van der Waals surface area contributed by atoms with Gasteiger partial charge in [-0.2, -0.15) is 18.4 Å². The summed E-state index contributed by atoms with van der Waals surface area (Å²) in [5, 5.41) is 17.1. The first-order chi connectivity index (χ1) is 16.0. The van der Waals surface area contributed by atoms with E-state index in [1.807, 2.05) is 30.3 Å². The lowest BCUT2D eigenvalue weighted by atomic mass is 9.89. The van der Waals surface area contributed by atoms with Crippen LogP contribution >= 0.6 is 0 Å². The van der Waals surface area contributed by atoms with Crippen molar-refractivity contribution in [2.75, 3.05) is 6.54 Å². The second-order valence-corrected chi connectivity index (χ2v) is 8.76. The van der Waals surface area contributed by atoms with E-state index in [0.717, 1.165) is 17.7 Å². The van der Waals surface area contributed by atoms with Gasteiger partial charge < -0.3 is 14.1 Å². The van der Waals surface area contributed by atoms with E-state index in [1.165, 1.54) is 17.0 Å². The third-order valence-electron chi connectivity index (χ3n) is 5.75. The Morgan fingerprint density at radius 3 is 2.56 bits per heavy atom. The maximum atomic E-state index is 13.3. The van der Waals surface area contributed by atoms with Crippen LogP contribution in [0.1, 0.15) is 43.8 Å². The van der Waals surface area contributed by atoms with Crippen LogP contribution < -0.4 is 4.74 Å². The van der Waals surface area contributed by atoms with Crippen molar-refractivity contribution in [1.29, 1.82) is 5.26 Å². The van der Waals surface area contributed by atoms with Gasteiger partial charge in [0, 0.05) is 17.5 Å². The van der Waals surface area contributed by atoms with Crippen molar-refractivity contribution < 1.29 is 27.1 Å². The molecule has 34 heavy (non-hydrogen) atoms. The van der Waals surface area contributed by atoms with E-state index >= 15 is 0 Å². The molecule has 1 aliphatic heterocycles. The Hall–Kier alpha value is -3.87. The molecule has 0 N–H and O–H groups in total. The van der Waals surface area contributed by atoms with E-state index in [1.54, 1.807) is 20.8 Å². The molecule has 0 bridgehead atoms. The first kappa shape index (κ1) is 23.3.